The van der Waals surface area contributed by atoms with E-state index in [9.17, 15) is 20.1 Å². The number of hydrogen-bond donors (Lipinski definition) is 3. The second-order valence-corrected chi connectivity index (χ2v) is 9.36. The van der Waals surface area contributed by atoms with Gasteiger partial charge >= 0.3 is 5.97 Å². The van der Waals surface area contributed by atoms with Crippen LogP contribution in [-0.4, -0.2) is 21.3 Å². The molecule has 0 unspecified atom stereocenters. The summed E-state index contributed by atoms with van der Waals surface area (Å²) in [6, 6.07) is 14.3. The number of aromatic hydroxyl groups is 2. The van der Waals surface area contributed by atoms with E-state index in [1.165, 1.54) is 57.8 Å². The summed E-state index contributed by atoms with van der Waals surface area (Å²) < 4.78 is 0. The van der Waals surface area contributed by atoms with Crippen LogP contribution in [0.3, 0.4) is 0 Å². The predicted octanol–water partition coefficient (Wildman–Crippen LogP) is 7.95. The molecule has 0 radical (unpaired) electrons. The number of phenols is 2. The lowest BCUT2D eigenvalue weighted by molar-refractivity contribution is -0.137. The van der Waals surface area contributed by atoms with Gasteiger partial charge in [-0.15, -0.1) is 0 Å². The van der Waals surface area contributed by atoms with Crippen molar-refractivity contribution in [2.24, 2.45) is 0 Å². The molecule has 0 fully saturated rings. The lowest BCUT2D eigenvalue weighted by Crippen LogP contribution is -2.29. The zero-order valence-electron chi connectivity index (χ0n) is 20.3. The van der Waals surface area contributed by atoms with Crippen LogP contribution in [0.4, 0.5) is 0 Å². The highest BCUT2D eigenvalue weighted by Gasteiger charge is 2.34. The molecule has 0 bridgehead atoms. The van der Waals surface area contributed by atoms with Crippen LogP contribution in [0.1, 0.15) is 108 Å². The van der Waals surface area contributed by atoms with Crippen molar-refractivity contribution in [3.8, 4) is 11.5 Å². The number of unbranched alkanes of at least 4 members (excludes halogenated alkanes) is 10. The molecular formula is C29H42O4. The molecule has 4 heteroatoms. The summed E-state index contributed by atoms with van der Waals surface area (Å²) in [5.41, 5.74) is 1.57. The molecule has 4 nitrogen and oxygen atoms in total. The van der Waals surface area contributed by atoms with E-state index in [-0.39, 0.29) is 17.9 Å². The predicted molar refractivity (Wildman–Crippen MR) is 135 cm³/mol. The Morgan fingerprint density at radius 2 is 1.03 bits per heavy atom. The summed E-state index contributed by atoms with van der Waals surface area (Å²) in [7, 11) is 0. The second kappa shape index (κ2) is 14.6. The molecule has 2 aromatic carbocycles. The highest BCUT2D eigenvalue weighted by Crippen LogP contribution is 2.42. The van der Waals surface area contributed by atoms with Gasteiger partial charge in [-0.1, -0.05) is 102 Å². The molecule has 0 aliphatic heterocycles. The molecule has 0 atom stereocenters. The monoisotopic (exact) mass is 454 g/mol. The Hall–Kier alpha value is -2.49. The van der Waals surface area contributed by atoms with Gasteiger partial charge < -0.3 is 15.3 Å². The van der Waals surface area contributed by atoms with Crippen molar-refractivity contribution in [3.05, 3.63) is 59.7 Å². The van der Waals surface area contributed by atoms with E-state index in [1.807, 2.05) is 24.3 Å². The van der Waals surface area contributed by atoms with E-state index in [0.717, 1.165) is 30.4 Å². The molecule has 0 saturated heterocycles. The highest BCUT2D eigenvalue weighted by molar-refractivity contribution is 5.67. The molecular weight excluding hydrogens is 412 g/mol. The third-order valence-corrected chi connectivity index (χ3v) is 6.81. The molecule has 0 aliphatic rings. The van der Waals surface area contributed by atoms with E-state index in [4.69, 9.17) is 0 Å². The first kappa shape index (κ1) is 26.8. The van der Waals surface area contributed by atoms with Crippen molar-refractivity contribution >= 4 is 5.97 Å². The maximum atomic E-state index is 11.5. The van der Waals surface area contributed by atoms with Crippen LogP contribution in [-0.2, 0) is 10.2 Å². The molecule has 33 heavy (non-hydrogen) atoms. The van der Waals surface area contributed by atoms with E-state index >= 15 is 0 Å². The van der Waals surface area contributed by atoms with Gasteiger partial charge in [-0.3, -0.25) is 4.79 Å². The number of carboxylic acids is 1. The summed E-state index contributed by atoms with van der Waals surface area (Å²) >= 11 is 0. The van der Waals surface area contributed by atoms with Gasteiger partial charge in [0.1, 0.15) is 11.5 Å². The van der Waals surface area contributed by atoms with Crippen LogP contribution in [0, 0.1) is 0 Å². The number of hydrogen-bond acceptors (Lipinski definition) is 3. The van der Waals surface area contributed by atoms with Crippen LogP contribution in [0.5, 0.6) is 11.5 Å². The van der Waals surface area contributed by atoms with Gasteiger partial charge in [0.2, 0.25) is 0 Å². The van der Waals surface area contributed by atoms with Gasteiger partial charge in [-0.25, -0.2) is 0 Å². The van der Waals surface area contributed by atoms with E-state index < -0.39 is 11.4 Å². The number of phenolic OH excluding ortho intramolecular Hbond substituents is 2. The van der Waals surface area contributed by atoms with Crippen molar-refractivity contribution in [1.29, 1.82) is 0 Å². The first-order valence-corrected chi connectivity index (χ1v) is 12.8. The number of carboxylic acid groups (broad SMARTS) is 1. The van der Waals surface area contributed by atoms with Gasteiger partial charge in [0.25, 0.3) is 0 Å². The molecule has 2 rings (SSSR count). The standard InChI is InChI=1S/C29H42O4/c1-2-3-4-5-6-7-8-9-10-11-12-22-29(23-21-28(32)33,24-13-17-26(30)18-14-24)25-15-19-27(31)20-16-25/h13-20,30-31H,2-12,21-23H2,1H3,(H,32,33). The summed E-state index contributed by atoms with van der Waals surface area (Å²) in [4.78, 5) is 11.5. The third kappa shape index (κ3) is 9.11. The van der Waals surface area contributed by atoms with Crippen LogP contribution < -0.4 is 0 Å². The van der Waals surface area contributed by atoms with Crippen molar-refractivity contribution in [2.75, 3.05) is 0 Å². The molecule has 0 saturated carbocycles. The zero-order valence-corrected chi connectivity index (χ0v) is 20.3. The Balaban J connectivity index is 2.02. The van der Waals surface area contributed by atoms with Gasteiger partial charge in [0.05, 0.1) is 0 Å². The minimum Gasteiger partial charge on any atom is -0.508 e. The highest BCUT2D eigenvalue weighted by atomic mass is 16.4. The molecule has 2 aromatic rings. The Morgan fingerprint density at radius 3 is 1.42 bits per heavy atom. The number of carbonyl (C=O) groups is 1. The Bertz CT molecular complexity index is 750. The van der Waals surface area contributed by atoms with Crippen molar-refractivity contribution in [3.63, 3.8) is 0 Å². The largest absolute Gasteiger partial charge is 0.508 e. The average molecular weight is 455 g/mol. The van der Waals surface area contributed by atoms with Crippen molar-refractivity contribution in [1.82, 2.24) is 0 Å². The number of aliphatic carboxylic acids is 1. The van der Waals surface area contributed by atoms with Crippen LogP contribution in [0.15, 0.2) is 48.5 Å². The van der Waals surface area contributed by atoms with Crippen LogP contribution in [0.25, 0.3) is 0 Å². The molecule has 182 valence electrons. The van der Waals surface area contributed by atoms with Crippen LogP contribution >= 0.6 is 0 Å². The number of benzene rings is 2. The summed E-state index contributed by atoms with van der Waals surface area (Å²) in [6.45, 7) is 2.25. The first-order chi connectivity index (χ1) is 16.0. The molecule has 3 N–H and O–H groups in total. The van der Waals surface area contributed by atoms with E-state index in [0.29, 0.717) is 6.42 Å². The van der Waals surface area contributed by atoms with Gasteiger partial charge in [0, 0.05) is 11.8 Å². The van der Waals surface area contributed by atoms with Gasteiger partial charge in [0.15, 0.2) is 0 Å². The minimum atomic E-state index is -0.809. The topological polar surface area (TPSA) is 77.8 Å². The van der Waals surface area contributed by atoms with E-state index in [1.54, 1.807) is 24.3 Å². The van der Waals surface area contributed by atoms with Gasteiger partial charge in [-0.2, -0.15) is 0 Å². The smallest absolute Gasteiger partial charge is 0.303 e. The SMILES string of the molecule is CCCCCCCCCCCCCC(CCC(=O)O)(c1ccc(O)cc1)c1ccc(O)cc1. The summed E-state index contributed by atoms with van der Waals surface area (Å²) in [6.07, 6.45) is 15.3. The lowest BCUT2D eigenvalue weighted by Gasteiger charge is -2.35. The van der Waals surface area contributed by atoms with Crippen LogP contribution in [0.2, 0.25) is 0 Å². The van der Waals surface area contributed by atoms with Crippen molar-refractivity contribution < 1.29 is 20.1 Å². The zero-order chi connectivity index (χ0) is 23.9. The fourth-order valence-electron chi connectivity index (χ4n) is 4.84. The summed E-state index contributed by atoms with van der Waals surface area (Å²) in [5, 5.41) is 29.0. The maximum Gasteiger partial charge on any atom is 0.303 e. The third-order valence-electron chi connectivity index (χ3n) is 6.81. The Kier molecular flexibility index (Phi) is 11.9. The molecule has 0 heterocycles. The molecule has 0 spiro atoms. The average Bonchev–Trinajstić information content (AvgIpc) is 2.81. The second-order valence-electron chi connectivity index (χ2n) is 9.36. The molecule has 0 aliphatic carbocycles. The van der Waals surface area contributed by atoms with E-state index in [2.05, 4.69) is 6.92 Å². The molecule has 0 amide bonds. The fraction of sp³-hybridized carbons (Fsp3) is 0.552. The quantitative estimate of drug-likeness (QED) is 0.212. The normalized spacial score (nSPS) is 11.5. The Labute approximate surface area is 199 Å². The first-order valence-electron chi connectivity index (χ1n) is 12.8. The lowest BCUT2D eigenvalue weighted by atomic mass is 9.68. The summed E-state index contributed by atoms with van der Waals surface area (Å²) in [5.74, 6) is -0.409. The van der Waals surface area contributed by atoms with Gasteiger partial charge in [-0.05, 0) is 48.2 Å². The molecule has 0 aromatic heterocycles. The fourth-order valence-corrected chi connectivity index (χ4v) is 4.84. The number of rotatable bonds is 17. The van der Waals surface area contributed by atoms with Crippen molar-refractivity contribution in [2.45, 2.75) is 102 Å². The minimum absolute atomic E-state index is 0.0692. The Morgan fingerprint density at radius 1 is 0.636 bits per heavy atom. The maximum absolute atomic E-state index is 11.5.